The number of rotatable bonds is 4. The van der Waals surface area contributed by atoms with E-state index in [2.05, 4.69) is 15.3 Å². The number of H-pyrrole nitrogens is 1. The van der Waals surface area contributed by atoms with Crippen LogP contribution in [0.5, 0.6) is 5.75 Å². The molecule has 1 rings (SSSR count). The molecule has 78 valence electrons. The number of nitrogens with zero attached hydrogens (tertiary/aromatic N) is 1. The molecule has 0 saturated heterocycles. The van der Waals surface area contributed by atoms with Crippen molar-refractivity contribution in [2.24, 2.45) is 5.73 Å². The molecule has 0 radical (unpaired) electrons. The first-order valence-corrected chi connectivity index (χ1v) is 4.26. The van der Waals surface area contributed by atoms with Gasteiger partial charge < -0.3 is 20.8 Å². The monoisotopic (exact) mass is 198 g/mol. The number of anilines is 1. The second-order valence-electron chi connectivity index (χ2n) is 2.97. The van der Waals surface area contributed by atoms with E-state index in [1.54, 1.807) is 0 Å². The smallest absolute Gasteiger partial charge is 0.295 e. The van der Waals surface area contributed by atoms with Gasteiger partial charge in [0, 0.05) is 12.6 Å². The van der Waals surface area contributed by atoms with Crippen molar-refractivity contribution in [3.05, 3.63) is 16.7 Å². The zero-order chi connectivity index (χ0) is 10.6. The van der Waals surface area contributed by atoms with E-state index in [0.717, 1.165) is 0 Å². The summed E-state index contributed by atoms with van der Waals surface area (Å²) in [5.41, 5.74) is 5.24. The topological polar surface area (TPSA) is 93.0 Å². The summed E-state index contributed by atoms with van der Waals surface area (Å²) in [7, 11) is 1.42. The molecule has 1 atom stereocenters. The molecule has 1 unspecified atom stereocenters. The number of hydrogen-bond acceptors (Lipinski definition) is 5. The summed E-state index contributed by atoms with van der Waals surface area (Å²) in [5, 5.41) is 2.92. The zero-order valence-electron chi connectivity index (χ0n) is 8.20. The molecular weight excluding hydrogens is 184 g/mol. The van der Waals surface area contributed by atoms with Gasteiger partial charge in [-0.05, 0) is 6.92 Å². The Morgan fingerprint density at radius 1 is 1.79 bits per heavy atom. The standard InChI is InChI=1S/C8H14N4O2/c1-5(9)3-10-7-6(14-2)8(13)12-4-11-7/h4-5H,3,9H2,1-2H3,(H2,10,11,12,13). The molecule has 6 heteroatoms. The summed E-state index contributed by atoms with van der Waals surface area (Å²) >= 11 is 0. The Morgan fingerprint density at radius 2 is 2.50 bits per heavy atom. The van der Waals surface area contributed by atoms with Crippen molar-refractivity contribution >= 4 is 5.82 Å². The number of hydrogen-bond donors (Lipinski definition) is 3. The Hall–Kier alpha value is -1.56. The number of nitrogens with two attached hydrogens (primary N) is 1. The number of ether oxygens (including phenoxy) is 1. The lowest BCUT2D eigenvalue weighted by Gasteiger charge is -2.10. The lowest BCUT2D eigenvalue weighted by Crippen LogP contribution is -2.26. The minimum atomic E-state index is -0.310. The number of nitrogens with one attached hydrogen (secondary N) is 2. The zero-order valence-corrected chi connectivity index (χ0v) is 8.20. The second-order valence-corrected chi connectivity index (χ2v) is 2.97. The SMILES string of the molecule is COc1c(NCC(C)N)nc[nH]c1=O. The molecule has 0 saturated carbocycles. The van der Waals surface area contributed by atoms with Gasteiger partial charge in [-0.25, -0.2) is 4.98 Å². The molecule has 0 fully saturated rings. The van der Waals surface area contributed by atoms with Gasteiger partial charge in [0.25, 0.3) is 5.56 Å². The normalized spacial score (nSPS) is 12.2. The molecule has 14 heavy (non-hydrogen) atoms. The Morgan fingerprint density at radius 3 is 3.07 bits per heavy atom. The predicted octanol–water partition coefficient (Wildman–Crippen LogP) is -0.462. The lowest BCUT2D eigenvalue weighted by atomic mass is 10.3. The maximum absolute atomic E-state index is 11.2. The van der Waals surface area contributed by atoms with Gasteiger partial charge in [-0.2, -0.15) is 0 Å². The molecule has 6 nitrogen and oxygen atoms in total. The third kappa shape index (κ3) is 2.46. The Kier molecular flexibility index (Phi) is 3.47. The van der Waals surface area contributed by atoms with Crippen molar-refractivity contribution in [2.45, 2.75) is 13.0 Å². The van der Waals surface area contributed by atoms with E-state index in [0.29, 0.717) is 12.4 Å². The average Bonchev–Trinajstić information content (AvgIpc) is 2.14. The molecule has 0 bridgehead atoms. The summed E-state index contributed by atoms with van der Waals surface area (Å²) in [5.74, 6) is 0.585. The molecule has 1 aromatic rings. The summed E-state index contributed by atoms with van der Waals surface area (Å²) in [4.78, 5) is 17.6. The number of aromatic amines is 1. The quantitative estimate of drug-likeness (QED) is 0.608. The third-order valence-electron chi connectivity index (χ3n) is 1.61. The van der Waals surface area contributed by atoms with Crippen LogP contribution in [0, 0.1) is 0 Å². The van der Waals surface area contributed by atoms with Crippen LogP contribution in [-0.4, -0.2) is 29.7 Å². The minimum Gasteiger partial charge on any atom is -0.489 e. The van der Waals surface area contributed by atoms with Crippen molar-refractivity contribution in [3.63, 3.8) is 0 Å². The van der Waals surface area contributed by atoms with E-state index < -0.39 is 0 Å². The van der Waals surface area contributed by atoms with Crippen molar-refractivity contribution < 1.29 is 4.74 Å². The van der Waals surface area contributed by atoms with Crippen LogP contribution < -0.4 is 21.3 Å². The summed E-state index contributed by atoms with van der Waals surface area (Å²) in [6.07, 6.45) is 1.31. The second kappa shape index (κ2) is 4.61. The highest BCUT2D eigenvalue weighted by atomic mass is 16.5. The minimum absolute atomic E-state index is 0.0132. The first kappa shape index (κ1) is 10.5. The fourth-order valence-electron chi connectivity index (χ4n) is 0.960. The first-order valence-electron chi connectivity index (χ1n) is 4.26. The maximum atomic E-state index is 11.2. The van der Waals surface area contributed by atoms with Gasteiger partial charge in [0.15, 0.2) is 5.82 Å². The van der Waals surface area contributed by atoms with Gasteiger partial charge in [-0.15, -0.1) is 0 Å². The highest BCUT2D eigenvalue weighted by Crippen LogP contribution is 2.13. The van der Waals surface area contributed by atoms with Gasteiger partial charge >= 0.3 is 0 Å². The van der Waals surface area contributed by atoms with E-state index in [1.807, 2.05) is 6.92 Å². The van der Waals surface area contributed by atoms with Crippen LogP contribution in [-0.2, 0) is 0 Å². The molecule has 0 spiro atoms. The van der Waals surface area contributed by atoms with E-state index in [-0.39, 0.29) is 17.4 Å². The Balaban J connectivity index is 2.85. The van der Waals surface area contributed by atoms with Gasteiger partial charge in [-0.1, -0.05) is 0 Å². The Labute approximate surface area is 81.5 Å². The predicted molar refractivity (Wildman–Crippen MR) is 53.5 cm³/mol. The van der Waals surface area contributed by atoms with Crippen LogP contribution in [0.25, 0.3) is 0 Å². The molecular formula is C8H14N4O2. The third-order valence-corrected chi connectivity index (χ3v) is 1.61. The molecule has 0 aliphatic heterocycles. The van der Waals surface area contributed by atoms with Crippen LogP contribution >= 0.6 is 0 Å². The molecule has 4 N–H and O–H groups in total. The van der Waals surface area contributed by atoms with Crippen LogP contribution in [0.1, 0.15) is 6.92 Å². The Bertz CT molecular complexity index is 347. The van der Waals surface area contributed by atoms with E-state index >= 15 is 0 Å². The largest absolute Gasteiger partial charge is 0.489 e. The molecule has 1 heterocycles. The van der Waals surface area contributed by atoms with E-state index in [1.165, 1.54) is 13.4 Å². The number of aromatic nitrogens is 2. The average molecular weight is 198 g/mol. The summed E-state index contributed by atoms with van der Waals surface area (Å²) in [6.45, 7) is 2.39. The van der Waals surface area contributed by atoms with Crippen LogP contribution in [0.3, 0.4) is 0 Å². The first-order chi connectivity index (χ1) is 6.65. The number of methoxy groups -OCH3 is 1. The molecule has 0 aliphatic rings. The maximum Gasteiger partial charge on any atom is 0.295 e. The van der Waals surface area contributed by atoms with Crippen LogP contribution in [0.2, 0.25) is 0 Å². The van der Waals surface area contributed by atoms with Gasteiger partial charge in [0.2, 0.25) is 5.75 Å². The fourth-order valence-corrected chi connectivity index (χ4v) is 0.960. The fraction of sp³-hybridized carbons (Fsp3) is 0.500. The van der Waals surface area contributed by atoms with Crippen LogP contribution in [0.4, 0.5) is 5.82 Å². The van der Waals surface area contributed by atoms with Gasteiger partial charge in [0.05, 0.1) is 13.4 Å². The molecule has 0 aliphatic carbocycles. The highest BCUT2D eigenvalue weighted by molar-refractivity contribution is 5.47. The van der Waals surface area contributed by atoms with Crippen molar-refractivity contribution in [1.82, 2.24) is 9.97 Å². The van der Waals surface area contributed by atoms with Crippen LogP contribution in [0.15, 0.2) is 11.1 Å². The highest BCUT2D eigenvalue weighted by Gasteiger charge is 2.08. The van der Waals surface area contributed by atoms with Gasteiger partial charge in [0.1, 0.15) is 0 Å². The lowest BCUT2D eigenvalue weighted by molar-refractivity contribution is 0.408. The summed E-state index contributed by atoms with van der Waals surface area (Å²) < 4.78 is 4.90. The van der Waals surface area contributed by atoms with E-state index in [4.69, 9.17) is 10.5 Å². The van der Waals surface area contributed by atoms with E-state index in [9.17, 15) is 4.79 Å². The molecule has 0 aromatic carbocycles. The van der Waals surface area contributed by atoms with Gasteiger partial charge in [-0.3, -0.25) is 4.79 Å². The molecule has 0 amide bonds. The van der Waals surface area contributed by atoms with Crippen molar-refractivity contribution in [1.29, 1.82) is 0 Å². The van der Waals surface area contributed by atoms with Crippen molar-refractivity contribution in [3.8, 4) is 5.75 Å². The molecule has 1 aromatic heterocycles. The summed E-state index contributed by atoms with van der Waals surface area (Å²) in [6, 6.07) is -0.0132. The van der Waals surface area contributed by atoms with Crippen molar-refractivity contribution in [2.75, 3.05) is 19.0 Å².